The molecule has 0 radical (unpaired) electrons. The average Bonchev–Trinajstić information content (AvgIpc) is 2.88. The molecular weight excluding hydrogens is 328 g/mol. The van der Waals surface area contributed by atoms with Crippen LogP contribution in [0.5, 0.6) is 0 Å². The molecule has 1 unspecified atom stereocenters. The molecule has 1 aliphatic rings. The van der Waals surface area contributed by atoms with E-state index in [0.717, 1.165) is 35.2 Å². The van der Waals surface area contributed by atoms with Gasteiger partial charge in [-0.05, 0) is 56.0 Å². The zero-order chi connectivity index (χ0) is 15.4. The van der Waals surface area contributed by atoms with Crippen LogP contribution in [0.1, 0.15) is 42.6 Å². The Labute approximate surface area is 136 Å². The summed E-state index contributed by atoms with van der Waals surface area (Å²) in [4.78, 5) is 14.9. The Morgan fingerprint density at radius 1 is 1.43 bits per heavy atom. The number of rotatable bonds is 5. The van der Waals surface area contributed by atoms with Gasteiger partial charge in [0, 0.05) is 29.2 Å². The van der Waals surface area contributed by atoms with Crippen LogP contribution in [0.15, 0.2) is 22.7 Å². The van der Waals surface area contributed by atoms with E-state index >= 15 is 0 Å². The number of benzene rings is 1. The van der Waals surface area contributed by atoms with Crippen molar-refractivity contribution in [1.29, 1.82) is 0 Å². The van der Waals surface area contributed by atoms with Gasteiger partial charge < -0.3 is 10.2 Å². The molecule has 0 saturated carbocycles. The van der Waals surface area contributed by atoms with E-state index in [9.17, 15) is 4.79 Å². The van der Waals surface area contributed by atoms with Crippen LogP contribution in [0.2, 0.25) is 0 Å². The van der Waals surface area contributed by atoms with Crippen molar-refractivity contribution in [3.05, 3.63) is 33.8 Å². The molecule has 3 nitrogen and oxygen atoms in total. The highest BCUT2D eigenvalue weighted by Gasteiger charge is 2.23. The van der Waals surface area contributed by atoms with Crippen LogP contribution in [-0.2, 0) is 0 Å². The van der Waals surface area contributed by atoms with Crippen molar-refractivity contribution in [1.82, 2.24) is 10.2 Å². The second-order valence-corrected chi connectivity index (χ2v) is 7.33. The van der Waals surface area contributed by atoms with Crippen LogP contribution in [0, 0.1) is 12.8 Å². The summed E-state index contributed by atoms with van der Waals surface area (Å²) in [6.07, 6.45) is 2.38. The maximum Gasteiger partial charge on any atom is 0.253 e. The fourth-order valence-corrected chi connectivity index (χ4v) is 3.51. The minimum absolute atomic E-state index is 0.141. The zero-order valence-corrected chi connectivity index (χ0v) is 14.7. The molecule has 1 N–H and O–H groups in total. The van der Waals surface area contributed by atoms with Gasteiger partial charge in [0.25, 0.3) is 5.91 Å². The number of aryl methyl sites for hydroxylation is 1. The monoisotopic (exact) mass is 352 g/mol. The summed E-state index contributed by atoms with van der Waals surface area (Å²) >= 11 is 3.49. The SMILES string of the molecule is Cc1cc(Br)cc(C(=O)N(CC(C)C)CC2CCCN2)c1. The average molecular weight is 353 g/mol. The normalized spacial score (nSPS) is 18.2. The minimum atomic E-state index is 0.141. The lowest BCUT2D eigenvalue weighted by Crippen LogP contribution is -2.42. The summed E-state index contributed by atoms with van der Waals surface area (Å²) in [5.41, 5.74) is 1.89. The Bertz CT molecular complexity index is 475. The summed E-state index contributed by atoms with van der Waals surface area (Å²) in [5, 5.41) is 3.49. The van der Waals surface area contributed by atoms with Crippen molar-refractivity contribution in [2.24, 2.45) is 5.92 Å². The number of carbonyl (C=O) groups is 1. The molecule has 21 heavy (non-hydrogen) atoms. The molecule has 1 heterocycles. The summed E-state index contributed by atoms with van der Waals surface area (Å²) in [5.74, 6) is 0.616. The Morgan fingerprint density at radius 2 is 2.19 bits per heavy atom. The summed E-state index contributed by atoms with van der Waals surface area (Å²) < 4.78 is 0.967. The lowest BCUT2D eigenvalue weighted by atomic mass is 10.1. The van der Waals surface area contributed by atoms with Crippen LogP contribution in [-0.4, -0.2) is 36.5 Å². The lowest BCUT2D eigenvalue weighted by Gasteiger charge is -2.28. The standard InChI is InChI=1S/C17H25BrN2O/c1-12(2)10-20(11-16-5-4-6-19-16)17(21)14-7-13(3)8-15(18)9-14/h7-9,12,16,19H,4-6,10-11H2,1-3H3. The molecular formula is C17H25BrN2O. The van der Waals surface area contributed by atoms with E-state index in [-0.39, 0.29) is 5.91 Å². The minimum Gasteiger partial charge on any atom is -0.337 e. The zero-order valence-electron chi connectivity index (χ0n) is 13.2. The second-order valence-electron chi connectivity index (χ2n) is 6.41. The maximum absolute atomic E-state index is 12.8. The number of nitrogens with one attached hydrogen (secondary N) is 1. The van der Waals surface area contributed by atoms with Crippen LogP contribution in [0.3, 0.4) is 0 Å². The highest BCUT2D eigenvalue weighted by Crippen LogP contribution is 2.18. The van der Waals surface area contributed by atoms with E-state index in [1.54, 1.807) is 0 Å². The Balaban J connectivity index is 2.15. The first-order chi connectivity index (χ1) is 9.95. The Kier molecular flexibility index (Phi) is 5.82. The van der Waals surface area contributed by atoms with Gasteiger partial charge >= 0.3 is 0 Å². The number of nitrogens with zero attached hydrogens (tertiary/aromatic N) is 1. The number of amides is 1. The molecule has 1 aliphatic heterocycles. The molecule has 0 bridgehead atoms. The molecule has 2 rings (SSSR count). The molecule has 1 atom stereocenters. The smallest absolute Gasteiger partial charge is 0.253 e. The largest absolute Gasteiger partial charge is 0.337 e. The predicted octanol–water partition coefficient (Wildman–Crippen LogP) is 3.61. The van der Waals surface area contributed by atoms with Gasteiger partial charge in [0.2, 0.25) is 0 Å². The van der Waals surface area contributed by atoms with E-state index in [1.165, 1.54) is 12.8 Å². The third kappa shape index (κ3) is 4.82. The maximum atomic E-state index is 12.8. The molecule has 1 saturated heterocycles. The van der Waals surface area contributed by atoms with Gasteiger partial charge in [0.05, 0.1) is 0 Å². The molecule has 1 amide bonds. The van der Waals surface area contributed by atoms with E-state index in [4.69, 9.17) is 0 Å². The second kappa shape index (κ2) is 7.41. The van der Waals surface area contributed by atoms with Crippen LogP contribution in [0.25, 0.3) is 0 Å². The van der Waals surface area contributed by atoms with E-state index < -0.39 is 0 Å². The predicted molar refractivity (Wildman–Crippen MR) is 90.6 cm³/mol. The third-order valence-corrected chi connectivity index (χ3v) is 4.22. The van der Waals surface area contributed by atoms with Crippen molar-refractivity contribution in [3.8, 4) is 0 Å². The molecule has 4 heteroatoms. The molecule has 1 aromatic carbocycles. The first kappa shape index (κ1) is 16.5. The van der Waals surface area contributed by atoms with Crippen molar-refractivity contribution < 1.29 is 4.79 Å². The highest BCUT2D eigenvalue weighted by molar-refractivity contribution is 9.10. The quantitative estimate of drug-likeness (QED) is 0.877. The molecule has 116 valence electrons. The van der Waals surface area contributed by atoms with Crippen LogP contribution >= 0.6 is 15.9 Å². The molecule has 0 aliphatic carbocycles. The number of carbonyl (C=O) groups excluding carboxylic acids is 1. The molecule has 1 aromatic rings. The van der Waals surface area contributed by atoms with Crippen LogP contribution < -0.4 is 5.32 Å². The van der Waals surface area contributed by atoms with Gasteiger partial charge in [-0.25, -0.2) is 0 Å². The van der Waals surface area contributed by atoms with Crippen molar-refractivity contribution in [3.63, 3.8) is 0 Å². The van der Waals surface area contributed by atoms with Crippen molar-refractivity contribution in [2.75, 3.05) is 19.6 Å². The summed E-state index contributed by atoms with van der Waals surface area (Å²) in [7, 11) is 0. The number of hydrogen-bond acceptors (Lipinski definition) is 2. The first-order valence-corrected chi connectivity index (χ1v) is 8.55. The van der Waals surface area contributed by atoms with Gasteiger partial charge in [0.15, 0.2) is 0 Å². The van der Waals surface area contributed by atoms with Gasteiger partial charge in [-0.3, -0.25) is 4.79 Å². The summed E-state index contributed by atoms with van der Waals surface area (Å²) in [6.45, 7) is 9.03. The summed E-state index contributed by atoms with van der Waals surface area (Å²) in [6, 6.07) is 6.37. The van der Waals surface area contributed by atoms with Gasteiger partial charge in [-0.1, -0.05) is 29.8 Å². The highest BCUT2D eigenvalue weighted by atomic mass is 79.9. The fourth-order valence-electron chi connectivity index (χ4n) is 2.90. The Hall–Kier alpha value is -0.870. The van der Waals surface area contributed by atoms with Gasteiger partial charge in [0.1, 0.15) is 0 Å². The third-order valence-electron chi connectivity index (χ3n) is 3.76. The fraction of sp³-hybridized carbons (Fsp3) is 0.588. The van der Waals surface area contributed by atoms with Gasteiger partial charge in [-0.2, -0.15) is 0 Å². The lowest BCUT2D eigenvalue weighted by molar-refractivity contribution is 0.0721. The Morgan fingerprint density at radius 3 is 2.76 bits per heavy atom. The van der Waals surface area contributed by atoms with Crippen LogP contribution in [0.4, 0.5) is 0 Å². The van der Waals surface area contributed by atoms with E-state index in [1.807, 2.05) is 30.0 Å². The topological polar surface area (TPSA) is 32.3 Å². The van der Waals surface area contributed by atoms with E-state index in [0.29, 0.717) is 12.0 Å². The molecule has 0 aromatic heterocycles. The number of hydrogen-bond donors (Lipinski definition) is 1. The molecule has 1 fully saturated rings. The van der Waals surface area contributed by atoms with Crippen molar-refractivity contribution in [2.45, 2.75) is 39.7 Å². The van der Waals surface area contributed by atoms with Gasteiger partial charge in [-0.15, -0.1) is 0 Å². The molecule has 0 spiro atoms. The number of halogens is 1. The van der Waals surface area contributed by atoms with E-state index in [2.05, 4.69) is 35.1 Å². The first-order valence-electron chi connectivity index (χ1n) is 7.75. The van der Waals surface area contributed by atoms with Crippen molar-refractivity contribution >= 4 is 21.8 Å².